The van der Waals surface area contributed by atoms with E-state index in [9.17, 15) is 0 Å². The lowest BCUT2D eigenvalue weighted by molar-refractivity contribution is 0.713. The second kappa shape index (κ2) is 4.16. The Balaban J connectivity index is 0. The topological polar surface area (TPSA) is 0 Å². The van der Waals surface area contributed by atoms with Gasteiger partial charge in [0.1, 0.15) is 0 Å². The van der Waals surface area contributed by atoms with Crippen LogP contribution in [-0.4, -0.2) is 15.8 Å². The van der Waals surface area contributed by atoms with Crippen molar-refractivity contribution < 1.29 is 0 Å². The molecule has 0 aromatic rings. The average molecular weight is 151 g/mol. The van der Waals surface area contributed by atoms with Crippen LogP contribution in [0.15, 0.2) is 12.7 Å². The third kappa shape index (κ3) is 9.54. The van der Waals surface area contributed by atoms with Crippen molar-refractivity contribution in [3.05, 3.63) is 12.7 Å². The molecule has 50 valence electrons. The first-order valence-corrected chi connectivity index (χ1v) is 2.74. The van der Waals surface area contributed by atoms with E-state index in [-0.39, 0.29) is 15.8 Å². The molecule has 0 radical (unpaired) electrons. The molecule has 0 nitrogen and oxygen atoms in total. The number of hydrogen-bond acceptors (Lipinski definition) is 0. The molecule has 8 heavy (non-hydrogen) atoms. The Morgan fingerprint density at radius 3 is 2.00 bits per heavy atom. The third-order valence-electron chi connectivity index (χ3n) is 0.630. The molecule has 0 heterocycles. The number of rotatable bonds is 2. The molecule has 0 fully saturated rings. The minimum atomic E-state index is -0.0955. The summed E-state index contributed by atoms with van der Waals surface area (Å²) in [5.41, 5.74) is 0. The molecule has 0 aromatic carbocycles. The fourth-order valence-corrected chi connectivity index (χ4v) is 0.452. The number of alkyl halides is 1. The second-order valence-electron chi connectivity index (χ2n) is 2.21. The summed E-state index contributed by atoms with van der Waals surface area (Å²) in [6.07, 6.45) is 2.70. The molecule has 0 aromatic heterocycles. The fourth-order valence-electron chi connectivity index (χ4n) is 0.343. The fraction of sp³-hybridized carbons (Fsp3) is 0.667. The van der Waals surface area contributed by atoms with E-state index in [0.29, 0.717) is 0 Å². The molecule has 0 atom stereocenters. The smallest absolute Gasteiger partial charge is 0.0424 e. The number of allylic oxidation sites excluding steroid dienone is 1. The van der Waals surface area contributed by atoms with Crippen LogP contribution >= 0.6 is 11.6 Å². The van der Waals surface area contributed by atoms with E-state index in [1.807, 2.05) is 19.9 Å². The Bertz CT molecular complexity index is 63.4. The highest BCUT2D eigenvalue weighted by molar-refractivity contribution is 6.23. The van der Waals surface area contributed by atoms with Crippen molar-refractivity contribution in [3.8, 4) is 0 Å². The van der Waals surface area contributed by atoms with Gasteiger partial charge in [-0.15, -0.1) is 18.2 Å². The number of halogens is 1. The Hall–Kier alpha value is 0.247. The van der Waals surface area contributed by atoms with Crippen molar-refractivity contribution in [2.24, 2.45) is 0 Å². The first kappa shape index (κ1) is 11.1. The van der Waals surface area contributed by atoms with Gasteiger partial charge in [0, 0.05) is 4.87 Å². The van der Waals surface area contributed by atoms with E-state index in [1.54, 1.807) is 0 Å². The summed E-state index contributed by atoms with van der Waals surface area (Å²) in [6, 6.07) is 0. The summed E-state index contributed by atoms with van der Waals surface area (Å²) in [6.45, 7) is 7.50. The van der Waals surface area contributed by atoms with Gasteiger partial charge in [-0.25, -0.2) is 0 Å². The van der Waals surface area contributed by atoms with Crippen molar-refractivity contribution >= 4 is 22.6 Å². The Morgan fingerprint density at radius 1 is 1.62 bits per heavy atom. The zero-order chi connectivity index (χ0) is 5.91. The Labute approximate surface area is 61.0 Å². The summed E-state index contributed by atoms with van der Waals surface area (Å²) in [4.78, 5) is -0.0955. The van der Waals surface area contributed by atoms with E-state index >= 15 is 0 Å². The van der Waals surface area contributed by atoms with Gasteiger partial charge in [0.25, 0.3) is 0 Å². The van der Waals surface area contributed by atoms with Gasteiger partial charge in [0.2, 0.25) is 0 Å². The highest BCUT2D eigenvalue weighted by atomic mass is 35.5. The minimum absolute atomic E-state index is 0. The first-order valence-electron chi connectivity index (χ1n) is 2.36. The molecule has 0 saturated carbocycles. The van der Waals surface area contributed by atoms with E-state index in [4.69, 9.17) is 11.6 Å². The molecule has 2 heteroatoms. The normalized spacial score (nSPS) is 9.88. The van der Waals surface area contributed by atoms with Crippen LogP contribution in [0.2, 0.25) is 0 Å². The van der Waals surface area contributed by atoms with Crippen LogP contribution in [0.3, 0.4) is 0 Å². The molecule has 0 spiro atoms. The molecule has 0 aliphatic rings. The van der Waals surface area contributed by atoms with Crippen LogP contribution in [0, 0.1) is 0 Å². The SMILES string of the molecule is C=CCC(C)(C)Cl.[SiH4]. The monoisotopic (exact) mass is 150 g/mol. The summed E-state index contributed by atoms with van der Waals surface area (Å²) in [7, 11) is 0. The molecule has 0 amide bonds. The molecule has 0 aliphatic heterocycles. The van der Waals surface area contributed by atoms with E-state index < -0.39 is 0 Å². The highest BCUT2D eigenvalue weighted by Crippen LogP contribution is 2.16. The van der Waals surface area contributed by atoms with Gasteiger partial charge in [0.05, 0.1) is 0 Å². The maximum atomic E-state index is 5.76. The largest absolute Gasteiger partial charge is 0.120 e. The van der Waals surface area contributed by atoms with Gasteiger partial charge in [-0.05, 0) is 31.2 Å². The predicted molar refractivity (Wildman–Crippen MR) is 46.1 cm³/mol. The van der Waals surface area contributed by atoms with Crippen LogP contribution in [0.25, 0.3) is 0 Å². The summed E-state index contributed by atoms with van der Waals surface area (Å²) >= 11 is 5.76. The van der Waals surface area contributed by atoms with Crippen molar-refractivity contribution in [2.45, 2.75) is 25.1 Å². The van der Waals surface area contributed by atoms with Gasteiger partial charge in [-0.1, -0.05) is 6.08 Å². The predicted octanol–water partition coefficient (Wildman–Crippen LogP) is 1.13. The average Bonchev–Trinajstić information content (AvgIpc) is 1.30. The third-order valence-corrected chi connectivity index (χ3v) is 0.784. The zero-order valence-corrected chi connectivity index (χ0v) is 5.63. The standard InChI is InChI=1S/C6H11Cl.H4Si/c1-4-5-6(2,3)7;/h4H,1,5H2,2-3H3;1H4. The van der Waals surface area contributed by atoms with E-state index in [1.165, 1.54) is 0 Å². The Morgan fingerprint density at radius 2 is 2.00 bits per heavy atom. The second-order valence-corrected chi connectivity index (χ2v) is 3.23. The molecule has 0 aliphatic carbocycles. The van der Waals surface area contributed by atoms with Crippen LogP contribution in [0.1, 0.15) is 20.3 Å². The molecular formula is C6H15ClSi. The summed E-state index contributed by atoms with van der Waals surface area (Å²) in [5, 5.41) is 0. The maximum absolute atomic E-state index is 5.76. The lowest BCUT2D eigenvalue weighted by Gasteiger charge is -2.10. The minimum Gasteiger partial charge on any atom is -0.120 e. The molecule has 0 bridgehead atoms. The van der Waals surface area contributed by atoms with Crippen LogP contribution in [-0.2, 0) is 0 Å². The summed E-state index contributed by atoms with van der Waals surface area (Å²) < 4.78 is 0. The van der Waals surface area contributed by atoms with Crippen molar-refractivity contribution in [3.63, 3.8) is 0 Å². The van der Waals surface area contributed by atoms with Crippen LogP contribution in [0.5, 0.6) is 0 Å². The molecular weight excluding hydrogens is 136 g/mol. The van der Waals surface area contributed by atoms with E-state index in [0.717, 1.165) is 6.42 Å². The van der Waals surface area contributed by atoms with E-state index in [2.05, 4.69) is 6.58 Å². The van der Waals surface area contributed by atoms with Gasteiger partial charge < -0.3 is 0 Å². The quantitative estimate of drug-likeness (QED) is 0.315. The lowest BCUT2D eigenvalue weighted by Crippen LogP contribution is -2.06. The maximum Gasteiger partial charge on any atom is 0.0424 e. The van der Waals surface area contributed by atoms with Gasteiger partial charge in [-0.2, -0.15) is 0 Å². The summed E-state index contributed by atoms with van der Waals surface area (Å²) in [5.74, 6) is 0. The van der Waals surface area contributed by atoms with Gasteiger partial charge in [0.15, 0.2) is 0 Å². The highest BCUT2D eigenvalue weighted by Gasteiger charge is 2.08. The van der Waals surface area contributed by atoms with Crippen molar-refractivity contribution in [1.82, 2.24) is 0 Å². The zero-order valence-electron chi connectivity index (χ0n) is 4.87. The van der Waals surface area contributed by atoms with Crippen molar-refractivity contribution in [2.75, 3.05) is 0 Å². The van der Waals surface area contributed by atoms with Gasteiger partial charge in [-0.3, -0.25) is 0 Å². The number of hydrogen-bond donors (Lipinski definition) is 0. The molecule has 0 N–H and O–H groups in total. The van der Waals surface area contributed by atoms with Crippen LogP contribution < -0.4 is 0 Å². The molecule has 0 rings (SSSR count). The molecule has 0 unspecified atom stereocenters. The van der Waals surface area contributed by atoms with Gasteiger partial charge >= 0.3 is 0 Å². The van der Waals surface area contributed by atoms with Crippen molar-refractivity contribution in [1.29, 1.82) is 0 Å². The lowest BCUT2D eigenvalue weighted by atomic mass is 10.1. The molecule has 0 saturated heterocycles. The first-order chi connectivity index (χ1) is 3.06. The Kier molecular flexibility index (Phi) is 5.77. The van der Waals surface area contributed by atoms with Crippen LogP contribution in [0.4, 0.5) is 0 Å².